The first kappa shape index (κ1) is 21.0. The molecule has 0 atom stereocenters. The summed E-state index contributed by atoms with van der Waals surface area (Å²) in [5.74, 6) is 2.42. The van der Waals surface area contributed by atoms with Crippen LogP contribution < -0.4 is 10.1 Å². The van der Waals surface area contributed by atoms with E-state index in [1.54, 1.807) is 7.11 Å². The van der Waals surface area contributed by atoms with Gasteiger partial charge < -0.3 is 19.5 Å². The van der Waals surface area contributed by atoms with Crippen molar-refractivity contribution in [3.8, 4) is 17.1 Å². The zero-order valence-electron chi connectivity index (χ0n) is 18.0. The van der Waals surface area contributed by atoms with Gasteiger partial charge in [-0.25, -0.2) is 9.78 Å². The van der Waals surface area contributed by atoms with E-state index in [1.807, 2.05) is 53.6 Å². The predicted molar refractivity (Wildman–Crippen MR) is 122 cm³/mol. The van der Waals surface area contributed by atoms with Gasteiger partial charge in [0.15, 0.2) is 0 Å². The molecule has 0 unspecified atom stereocenters. The summed E-state index contributed by atoms with van der Waals surface area (Å²) < 4.78 is 7.42. The Kier molecular flexibility index (Phi) is 6.87. The van der Waals surface area contributed by atoms with Crippen molar-refractivity contribution in [3.63, 3.8) is 0 Å². The van der Waals surface area contributed by atoms with Crippen molar-refractivity contribution in [1.82, 2.24) is 19.8 Å². The van der Waals surface area contributed by atoms with Crippen molar-refractivity contribution >= 4 is 6.03 Å². The summed E-state index contributed by atoms with van der Waals surface area (Å²) in [6, 6.07) is 18.3. The van der Waals surface area contributed by atoms with Crippen LogP contribution in [0.1, 0.15) is 18.4 Å². The van der Waals surface area contributed by atoms with Crippen molar-refractivity contribution in [2.45, 2.75) is 25.8 Å². The first-order valence-corrected chi connectivity index (χ1v) is 10.9. The molecule has 2 amide bonds. The highest BCUT2D eigenvalue weighted by molar-refractivity contribution is 5.74. The van der Waals surface area contributed by atoms with Gasteiger partial charge in [-0.15, -0.1) is 0 Å². The molecule has 6 heteroatoms. The third kappa shape index (κ3) is 5.45. The van der Waals surface area contributed by atoms with E-state index in [2.05, 4.69) is 33.2 Å². The molecule has 1 fully saturated rings. The summed E-state index contributed by atoms with van der Waals surface area (Å²) in [4.78, 5) is 19.0. The molecule has 0 saturated carbocycles. The number of nitrogens with zero attached hydrogens (tertiary/aromatic N) is 3. The van der Waals surface area contributed by atoms with Gasteiger partial charge in [0.05, 0.1) is 7.11 Å². The summed E-state index contributed by atoms with van der Waals surface area (Å²) in [6.07, 6.45) is 6.76. The number of urea groups is 1. The Morgan fingerprint density at radius 3 is 2.55 bits per heavy atom. The van der Waals surface area contributed by atoms with E-state index >= 15 is 0 Å². The number of rotatable bonds is 7. The first-order chi connectivity index (χ1) is 15.2. The number of methoxy groups -OCH3 is 1. The number of carbonyl (C=O) groups is 1. The Hall–Kier alpha value is -3.28. The summed E-state index contributed by atoms with van der Waals surface area (Å²) >= 11 is 0. The summed E-state index contributed by atoms with van der Waals surface area (Å²) in [5.41, 5.74) is 2.33. The number of hydrogen-bond donors (Lipinski definition) is 1. The zero-order chi connectivity index (χ0) is 21.5. The topological polar surface area (TPSA) is 59.4 Å². The van der Waals surface area contributed by atoms with E-state index in [1.165, 1.54) is 5.56 Å². The van der Waals surface area contributed by atoms with Crippen LogP contribution in [0.2, 0.25) is 0 Å². The van der Waals surface area contributed by atoms with Crippen molar-refractivity contribution in [2.24, 2.45) is 5.92 Å². The Labute approximate surface area is 183 Å². The highest BCUT2D eigenvalue weighted by atomic mass is 16.5. The molecule has 1 aromatic heterocycles. The van der Waals surface area contributed by atoms with Gasteiger partial charge in [0.25, 0.3) is 0 Å². The van der Waals surface area contributed by atoms with Gasteiger partial charge >= 0.3 is 6.03 Å². The summed E-state index contributed by atoms with van der Waals surface area (Å²) in [5, 5.41) is 3.06. The Bertz CT molecular complexity index is 961. The smallest absolute Gasteiger partial charge is 0.317 e. The molecule has 0 aliphatic carbocycles. The van der Waals surface area contributed by atoms with Crippen LogP contribution in [0.25, 0.3) is 11.4 Å². The molecule has 2 aromatic carbocycles. The normalized spacial score (nSPS) is 14.4. The molecule has 2 heterocycles. The molecule has 1 aliphatic rings. The maximum atomic E-state index is 12.5. The van der Waals surface area contributed by atoms with E-state index in [0.29, 0.717) is 12.5 Å². The number of benzene rings is 2. The minimum Gasteiger partial charge on any atom is -0.497 e. The minimum atomic E-state index is 0.0413. The molecule has 6 nitrogen and oxygen atoms in total. The molecule has 1 aliphatic heterocycles. The lowest BCUT2D eigenvalue weighted by atomic mass is 9.97. The second-order valence-electron chi connectivity index (χ2n) is 8.03. The number of likely N-dealkylation sites (tertiary alicyclic amines) is 1. The van der Waals surface area contributed by atoms with Crippen molar-refractivity contribution < 1.29 is 9.53 Å². The standard InChI is InChI=1S/C25H30N4O2/c1-31-23-9-7-20(8-10-23)11-14-27-25(30)28-16-12-21(13-17-28)19-29-18-15-26-24(29)22-5-3-2-4-6-22/h2-10,15,18,21H,11-14,16-17,19H2,1H3,(H,27,30). The molecule has 0 bridgehead atoms. The predicted octanol–water partition coefficient (Wildman–Crippen LogP) is 4.22. The van der Waals surface area contributed by atoms with Gasteiger partial charge in [0.2, 0.25) is 0 Å². The molecule has 0 spiro atoms. The molecule has 31 heavy (non-hydrogen) atoms. The van der Waals surface area contributed by atoms with Crippen LogP contribution in [0.15, 0.2) is 67.0 Å². The van der Waals surface area contributed by atoms with Gasteiger partial charge in [0.1, 0.15) is 11.6 Å². The number of carbonyl (C=O) groups excluding carboxylic acids is 1. The lowest BCUT2D eigenvalue weighted by Crippen LogP contribution is -2.45. The minimum absolute atomic E-state index is 0.0413. The second kappa shape index (κ2) is 10.2. The molecule has 1 saturated heterocycles. The van der Waals surface area contributed by atoms with Crippen LogP contribution in [0.4, 0.5) is 4.79 Å². The maximum Gasteiger partial charge on any atom is 0.317 e. The van der Waals surface area contributed by atoms with Gasteiger partial charge in [-0.1, -0.05) is 42.5 Å². The van der Waals surface area contributed by atoms with Crippen LogP contribution in [0, 0.1) is 5.92 Å². The highest BCUT2D eigenvalue weighted by Crippen LogP contribution is 2.23. The number of hydrogen-bond acceptors (Lipinski definition) is 3. The van der Waals surface area contributed by atoms with Crippen molar-refractivity contribution in [3.05, 3.63) is 72.6 Å². The lowest BCUT2D eigenvalue weighted by molar-refractivity contribution is 0.166. The fraction of sp³-hybridized carbons (Fsp3) is 0.360. The molecular formula is C25H30N4O2. The quantitative estimate of drug-likeness (QED) is 0.625. The fourth-order valence-corrected chi connectivity index (χ4v) is 4.12. The highest BCUT2D eigenvalue weighted by Gasteiger charge is 2.23. The number of amides is 2. The van der Waals surface area contributed by atoms with Crippen LogP contribution in [0.5, 0.6) is 5.75 Å². The zero-order valence-corrected chi connectivity index (χ0v) is 18.0. The van der Waals surface area contributed by atoms with Crippen LogP contribution in [0.3, 0.4) is 0 Å². The molecule has 162 valence electrons. The summed E-state index contributed by atoms with van der Waals surface area (Å²) in [6.45, 7) is 3.18. The van der Waals surface area contributed by atoms with E-state index in [9.17, 15) is 4.79 Å². The van der Waals surface area contributed by atoms with Gasteiger partial charge in [0, 0.05) is 44.1 Å². The van der Waals surface area contributed by atoms with Gasteiger partial charge in [-0.2, -0.15) is 0 Å². The van der Waals surface area contributed by atoms with Crippen LogP contribution in [-0.2, 0) is 13.0 Å². The average molecular weight is 419 g/mol. The van der Waals surface area contributed by atoms with E-state index in [-0.39, 0.29) is 6.03 Å². The third-order valence-corrected chi connectivity index (χ3v) is 5.95. The monoisotopic (exact) mass is 418 g/mol. The van der Waals surface area contributed by atoms with Crippen molar-refractivity contribution in [2.75, 3.05) is 26.7 Å². The SMILES string of the molecule is COc1ccc(CCNC(=O)N2CCC(Cn3ccnc3-c3ccccc3)CC2)cc1. The van der Waals surface area contributed by atoms with E-state index < -0.39 is 0 Å². The molecular weight excluding hydrogens is 388 g/mol. The van der Waals surface area contributed by atoms with Crippen LogP contribution >= 0.6 is 0 Å². The molecule has 3 aromatic rings. The molecule has 4 rings (SSSR count). The van der Waals surface area contributed by atoms with E-state index in [0.717, 1.165) is 56.0 Å². The van der Waals surface area contributed by atoms with Crippen molar-refractivity contribution in [1.29, 1.82) is 0 Å². The Morgan fingerprint density at radius 2 is 1.84 bits per heavy atom. The number of aromatic nitrogens is 2. The van der Waals surface area contributed by atoms with E-state index in [4.69, 9.17) is 4.74 Å². The fourth-order valence-electron chi connectivity index (χ4n) is 4.12. The number of imidazole rings is 1. The van der Waals surface area contributed by atoms with Gasteiger partial charge in [-0.05, 0) is 42.9 Å². The number of piperidine rings is 1. The summed E-state index contributed by atoms with van der Waals surface area (Å²) in [7, 11) is 1.66. The number of nitrogens with one attached hydrogen (secondary N) is 1. The lowest BCUT2D eigenvalue weighted by Gasteiger charge is -2.32. The van der Waals surface area contributed by atoms with Crippen LogP contribution in [-0.4, -0.2) is 47.2 Å². The maximum absolute atomic E-state index is 12.5. The molecule has 0 radical (unpaired) electrons. The van der Waals surface area contributed by atoms with Gasteiger partial charge in [-0.3, -0.25) is 0 Å². The average Bonchev–Trinajstić information content (AvgIpc) is 3.28. The third-order valence-electron chi connectivity index (χ3n) is 5.95. The Balaban J connectivity index is 1.22. The first-order valence-electron chi connectivity index (χ1n) is 10.9. The second-order valence-corrected chi connectivity index (χ2v) is 8.03. The largest absolute Gasteiger partial charge is 0.497 e. The Morgan fingerprint density at radius 1 is 1.10 bits per heavy atom. The molecule has 1 N–H and O–H groups in total. The number of ether oxygens (including phenoxy) is 1.